The first-order chi connectivity index (χ1) is 10.4. The van der Waals surface area contributed by atoms with Gasteiger partial charge in [-0.25, -0.2) is 0 Å². The first kappa shape index (κ1) is 16.8. The molecule has 1 saturated carbocycles. The van der Waals surface area contributed by atoms with Gasteiger partial charge in [0.2, 0.25) is 5.91 Å². The van der Waals surface area contributed by atoms with Crippen LogP contribution in [0.5, 0.6) is 0 Å². The van der Waals surface area contributed by atoms with Gasteiger partial charge in [0, 0.05) is 18.5 Å². The zero-order valence-corrected chi connectivity index (χ0v) is 12.3. The Morgan fingerprint density at radius 1 is 1.27 bits per heavy atom. The Kier molecular flexibility index (Phi) is 5.45. The van der Waals surface area contributed by atoms with Crippen LogP contribution in [0.1, 0.15) is 43.7 Å². The second kappa shape index (κ2) is 7.13. The fraction of sp³-hybridized carbons (Fsp3) is 0.562. The largest absolute Gasteiger partial charge is 0.391 e. The lowest BCUT2D eigenvalue weighted by Gasteiger charge is -2.31. The van der Waals surface area contributed by atoms with Gasteiger partial charge in [0.25, 0.3) is 0 Å². The predicted molar refractivity (Wildman–Crippen MR) is 77.9 cm³/mol. The van der Waals surface area contributed by atoms with Gasteiger partial charge in [-0.3, -0.25) is 4.79 Å². The third-order valence-electron chi connectivity index (χ3n) is 4.14. The highest BCUT2D eigenvalue weighted by molar-refractivity contribution is 5.77. The SMILES string of the molecule is NC(CC(=O)NC1CCCC(C(F)(F)F)C1)c1ccccc1. The van der Waals surface area contributed by atoms with Crippen LogP contribution in [-0.2, 0) is 4.79 Å². The Hall–Kier alpha value is -1.56. The lowest BCUT2D eigenvalue weighted by atomic mass is 9.85. The van der Waals surface area contributed by atoms with E-state index in [0.29, 0.717) is 12.8 Å². The van der Waals surface area contributed by atoms with Crippen molar-refractivity contribution in [2.24, 2.45) is 11.7 Å². The molecule has 6 heteroatoms. The van der Waals surface area contributed by atoms with Crippen LogP contribution in [-0.4, -0.2) is 18.1 Å². The highest BCUT2D eigenvalue weighted by atomic mass is 19.4. The summed E-state index contributed by atoms with van der Waals surface area (Å²) in [4.78, 5) is 12.0. The topological polar surface area (TPSA) is 55.1 Å². The normalized spacial score (nSPS) is 23.8. The van der Waals surface area contributed by atoms with Crippen molar-refractivity contribution in [3.05, 3.63) is 35.9 Å². The quantitative estimate of drug-likeness (QED) is 0.896. The van der Waals surface area contributed by atoms with E-state index < -0.39 is 24.2 Å². The van der Waals surface area contributed by atoms with E-state index in [4.69, 9.17) is 5.73 Å². The van der Waals surface area contributed by atoms with Crippen LogP contribution in [0.4, 0.5) is 13.2 Å². The molecule has 0 heterocycles. The van der Waals surface area contributed by atoms with Crippen LogP contribution in [0.25, 0.3) is 0 Å². The minimum atomic E-state index is -4.18. The molecule has 122 valence electrons. The summed E-state index contributed by atoms with van der Waals surface area (Å²) in [5.41, 5.74) is 6.80. The molecule has 0 radical (unpaired) electrons. The van der Waals surface area contributed by atoms with Crippen molar-refractivity contribution < 1.29 is 18.0 Å². The maximum Gasteiger partial charge on any atom is 0.391 e. The lowest BCUT2D eigenvalue weighted by molar-refractivity contribution is -0.184. The van der Waals surface area contributed by atoms with Crippen molar-refractivity contribution in [1.29, 1.82) is 0 Å². The van der Waals surface area contributed by atoms with Crippen LogP contribution < -0.4 is 11.1 Å². The summed E-state index contributed by atoms with van der Waals surface area (Å²) in [6.07, 6.45) is -2.89. The van der Waals surface area contributed by atoms with Crippen LogP contribution in [0, 0.1) is 5.92 Å². The molecule has 0 aromatic heterocycles. The Morgan fingerprint density at radius 3 is 2.59 bits per heavy atom. The van der Waals surface area contributed by atoms with Gasteiger partial charge in [0.1, 0.15) is 0 Å². The number of hydrogen-bond acceptors (Lipinski definition) is 2. The zero-order valence-electron chi connectivity index (χ0n) is 12.3. The summed E-state index contributed by atoms with van der Waals surface area (Å²) in [6, 6.07) is 8.34. The van der Waals surface area contributed by atoms with Gasteiger partial charge in [0.15, 0.2) is 0 Å². The molecule has 1 amide bonds. The van der Waals surface area contributed by atoms with Crippen LogP contribution >= 0.6 is 0 Å². The van der Waals surface area contributed by atoms with Crippen molar-refractivity contribution in [3.63, 3.8) is 0 Å². The van der Waals surface area contributed by atoms with E-state index in [9.17, 15) is 18.0 Å². The summed E-state index contributed by atoms with van der Waals surface area (Å²) in [5, 5.41) is 2.70. The highest BCUT2D eigenvalue weighted by Crippen LogP contribution is 2.37. The lowest BCUT2D eigenvalue weighted by Crippen LogP contribution is -2.42. The molecule has 22 heavy (non-hydrogen) atoms. The van der Waals surface area contributed by atoms with Gasteiger partial charge in [-0.15, -0.1) is 0 Å². The summed E-state index contributed by atoms with van der Waals surface area (Å²) < 4.78 is 38.3. The van der Waals surface area contributed by atoms with Crippen molar-refractivity contribution in [3.8, 4) is 0 Å². The second-order valence-electron chi connectivity index (χ2n) is 5.89. The molecule has 2 rings (SSSR count). The molecular weight excluding hydrogens is 293 g/mol. The number of amides is 1. The average molecular weight is 314 g/mol. The van der Waals surface area contributed by atoms with Gasteiger partial charge >= 0.3 is 6.18 Å². The standard InChI is InChI=1S/C16H21F3N2O/c17-16(18,19)12-7-4-8-13(9-12)21-15(22)10-14(20)11-5-2-1-3-6-11/h1-3,5-6,12-14H,4,7-10,20H2,(H,21,22). The van der Waals surface area contributed by atoms with Crippen LogP contribution in [0.2, 0.25) is 0 Å². The fourth-order valence-electron chi connectivity index (χ4n) is 2.92. The average Bonchev–Trinajstić information content (AvgIpc) is 2.47. The van der Waals surface area contributed by atoms with Crippen molar-refractivity contribution in [2.75, 3.05) is 0 Å². The molecule has 1 aromatic carbocycles. The van der Waals surface area contributed by atoms with Crippen molar-refractivity contribution >= 4 is 5.91 Å². The number of carbonyl (C=O) groups is 1. The Balaban J connectivity index is 1.84. The minimum Gasteiger partial charge on any atom is -0.353 e. The van der Waals surface area contributed by atoms with E-state index in [0.717, 1.165) is 5.56 Å². The maximum absolute atomic E-state index is 12.8. The number of nitrogens with two attached hydrogens (primary N) is 1. The maximum atomic E-state index is 12.8. The number of rotatable bonds is 4. The minimum absolute atomic E-state index is 0.0319. The third-order valence-corrected chi connectivity index (χ3v) is 4.14. The smallest absolute Gasteiger partial charge is 0.353 e. The Morgan fingerprint density at radius 2 is 1.95 bits per heavy atom. The molecule has 1 aromatic rings. The van der Waals surface area contributed by atoms with E-state index in [-0.39, 0.29) is 25.2 Å². The number of hydrogen-bond donors (Lipinski definition) is 2. The second-order valence-corrected chi connectivity index (χ2v) is 5.89. The number of alkyl halides is 3. The molecule has 0 spiro atoms. The molecule has 1 fully saturated rings. The summed E-state index contributed by atoms with van der Waals surface area (Å²) in [6.45, 7) is 0. The number of carbonyl (C=O) groups excluding carboxylic acids is 1. The van der Waals surface area contributed by atoms with Gasteiger partial charge in [-0.2, -0.15) is 13.2 Å². The predicted octanol–water partition coefficient (Wildman–Crippen LogP) is 3.31. The molecule has 0 aliphatic heterocycles. The molecule has 0 saturated heterocycles. The summed E-state index contributed by atoms with van der Waals surface area (Å²) in [5.74, 6) is -1.60. The van der Waals surface area contributed by atoms with Gasteiger partial charge in [0.05, 0.1) is 5.92 Å². The highest BCUT2D eigenvalue weighted by Gasteiger charge is 2.42. The van der Waals surface area contributed by atoms with Crippen LogP contribution in [0.15, 0.2) is 30.3 Å². The first-order valence-corrected chi connectivity index (χ1v) is 7.53. The number of nitrogens with one attached hydrogen (secondary N) is 1. The van der Waals surface area contributed by atoms with Crippen molar-refractivity contribution in [2.45, 2.75) is 50.4 Å². The van der Waals surface area contributed by atoms with Gasteiger partial charge in [-0.1, -0.05) is 36.8 Å². The van der Waals surface area contributed by atoms with E-state index >= 15 is 0 Å². The van der Waals surface area contributed by atoms with E-state index in [2.05, 4.69) is 5.32 Å². The third kappa shape index (κ3) is 4.73. The van der Waals surface area contributed by atoms with E-state index in [1.807, 2.05) is 30.3 Å². The number of benzene rings is 1. The van der Waals surface area contributed by atoms with Gasteiger partial charge in [-0.05, 0) is 24.8 Å². The summed E-state index contributed by atoms with van der Waals surface area (Å²) >= 11 is 0. The van der Waals surface area contributed by atoms with Gasteiger partial charge < -0.3 is 11.1 Å². The molecule has 3 nitrogen and oxygen atoms in total. The Labute approximate surface area is 128 Å². The molecule has 1 aliphatic rings. The molecular formula is C16H21F3N2O. The molecule has 0 bridgehead atoms. The molecule has 3 N–H and O–H groups in total. The fourth-order valence-corrected chi connectivity index (χ4v) is 2.92. The molecule has 1 aliphatic carbocycles. The number of halogens is 3. The monoisotopic (exact) mass is 314 g/mol. The van der Waals surface area contributed by atoms with Crippen molar-refractivity contribution in [1.82, 2.24) is 5.32 Å². The van der Waals surface area contributed by atoms with E-state index in [1.54, 1.807) is 0 Å². The Bertz CT molecular complexity index is 490. The zero-order chi connectivity index (χ0) is 16.2. The van der Waals surface area contributed by atoms with E-state index in [1.165, 1.54) is 0 Å². The molecule has 3 unspecified atom stereocenters. The van der Waals surface area contributed by atoms with Crippen LogP contribution in [0.3, 0.4) is 0 Å². The first-order valence-electron chi connectivity index (χ1n) is 7.53. The summed E-state index contributed by atoms with van der Waals surface area (Å²) in [7, 11) is 0. The molecule has 3 atom stereocenters.